The molecule has 0 bridgehead atoms. The first-order chi connectivity index (χ1) is 10.9. The van der Waals surface area contributed by atoms with Gasteiger partial charge in [-0.15, -0.1) is 0 Å². The minimum Gasteiger partial charge on any atom is -0.411 e. The van der Waals surface area contributed by atoms with Crippen LogP contribution in [0.3, 0.4) is 0 Å². The van der Waals surface area contributed by atoms with Crippen LogP contribution in [0.1, 0.15) is 55.4 Å². The molecule has 0 aromatic heterocycles. The molecule has 0 atom stereocenters. The first-order valence-corrected chi connectivity index (χ1v) is 10.4. The van der Waals surface area contributed by atoms with Gasteiger partial charge in [-0.3, -0.25) is 0 Å². The Morgan fingerprint density at radius 1 is 0.600 bits per heavy atom. The Morgan fingerprint density at radius 2 is 0.760 bits per heavy atom. The van der Waals surface area contributed by atoms with Crippen molar-refractivity contribution >= 4 is 58.3 Å². The Hall–Kier alpha value is 0.882. The molecule has 0 unspecified atom stereocenters. The van der Waals surface area contributed by atoms with Crippen molar-refractivity contribution in [1.29, 1.82) is 0 Å². The summed E-state index contributed by atoms with van der Waals surface area (Å²) < 4.78 is 1.22. The van der Waals surface area contributed by atoms with E-state index in [2.05, 4.69) is 65.2 Å². The Kier molecular flexibility index (Phi) is 20.8. The summed E-state index contributed by atoms with van der Waals surface area (Å²) in [6.07, 6.45) is 0. The van der Waals surface area contributed by atoms with E-state index in [0.717, 1.165) is 26.2 Å². The number of hydrogen-bond acceptors (Lipinski definition) is 4. The van der Waals surface area contributed by atoms with Crippen LogP contribution in [-0.2, 0) is 45.7 Å². The number of thiocarbonyl (C=S) groups is 2. The van der Waals surface area contributed by atoms with Gasteiger partial charge < -0.3 is 59.5 Å². The van der Waals surface area contributed by atoms with E-state index >= 15 is 0 Å². The van der Waals surface area contributed by atoms with Crippen molar-refractivity contribution in [3.63, 3.8) is 0 Å². The van der Waals surface area contributed by atoms with E-state index < -0.39 is 0 Å². The van der Waals surface area contributed by atoms with Crippen molar-refractivity contribution in [3.8, 4) is 0 Å². The van der Waals surface area contributed by atoms with Crippen LogP contribution in [0.5, 0.6) is 0 Å². The van der Waals surface area contributed by atoms with Gasteiger partial charge in [-0.05, 0) is 23.7 Å². The minimum absolute atomic E-state index is 0. The second-order valence-electron chi connectivity index (χ2n) is 7.92. The number of hydrogen-bond donors (Lipinski definition) is 0. The molecule has 0 heterocycles. The molecule has 0 amide bonds. The van der Waals surface area contributed by atoms with E-state index in [-0.39, 0.29) is 20.4 Å². The second kappa shape index (κ2) is 17.0. The fraction of sp³-hybridized carbons (Fsp3) is 0.889. The summed E-state index contributed by atoms with van der Waals surface area (Å²) in [6.45, 7) is 21.4. The number of rotatable bonds is 8. The fourth-order valence-electron chi connectivity index (χ4n) is 2.21. The summed E-state index contributed by atoms with van der Waals surface area (Å²) in [5.41, 5.74) is 0. The Bertz CT molecular complexity index is 307. The summed E-state index contributed by atoms with van der Waals surface area (Å²) in [4.78, 5) is 4.22. The van der Waals surface area contributed by atoms with Crippen molar-refractivity contribution in [3.05, 3.63) is 0 Å². The van der Waals surface area contributed by atoms with E-state index in [1.165, 1.54) is 0 Å². The largest absolute Gasteiger partial charge is 2.00 e. The maximum Gasteiger partial charge on any atom is 2.00 e. The van der Waals surface area contributed by atoms with Gasteiger partial charge in [0.25, 0.3) is 0 Å². The quantitative estimate of drug-likeness (QED) is 0.257. The fourth-order valence-corrected chi connectivity index (χ4v) is 2.81. The molecule has 0 spiro atoms. The van der Waals surface area contributed by atoms with Crippen molar-refractivity contribution in [2.75, 3.05) is 26.2 Å². The van der Waals surface area contributed by atoms with Crippen LogP contribution in [0.25, 0.3) is 0 Å². The molecule has 0 saturated heterocycles. The van der Waals surface area contributed by atoms with Gasteiger partial charge in [0.05, 0.1) is 0 Å². The third kappa shape index (κ3) is 21.0. The van der Waals surface area contributed by atoms with E-state index in [9.17, 15) is 0 Å². The Balaban J connectivity index is -0.000000372. The van der Waals surface area contributed by atoms with E-state index in [4.69, 9.17) is 49.7 Å². The SMILES string of the molecule is CC(C)CN(CC(C)C)C(=S)[S-].CC(C)CN(CC(C)C)C(=S)[S-].[Pd+2]. The summed E-state index contributed by atoms with van der Waals surface area (Å²) in [7, 11) is 0. The Morgan fingerprint density at radius 3 is 0.840 bits per heavy atom. The van der Waals surface area contributed by atoms with Crippen molar-refractivity contribution in [2.24, 2.45) is 23.7 Å². The van der Waals surface area contributed by atoms with Gasteiger partial charge in [-0.25, -0.2) is 0 Å². The molecule has 0 aromatic rings. The maximum atomic E-state index is 4.99. The molecular weight excluding hydrogens is 479 g/mol. The zero-order valence-corrected chi connectivity index (χ0v) is 21.8. The molecule has 0 saturated carbocycles. The van der Waals surface area contributed by atoms with E-state index in [1.807, 2.05) is 0 Å². The molecule has 0 radical (unpaired) electrons. The first-order valence-electron chi connectivity index (χ1n) is 8.78. The molecule has 0 fully saturated rings. The third-order valence-corrected chi connectivity index (χ3v) is 3.89. The van der Waals surface area contributed by atoms with Crippen LogP contribution in [0.2, 0.25) is 0 Å². The molecule has 0 aromatic carbocycles. The topological polar surface area (TPSA) is 6.48 Å². The van der Waals surface area contributed by atoms with Crippen molar-refractivity contribution < 1.29 is 20.4 Å². The first kappa shape index (κ1) is 30.6. The number of nitrogens with zero attached hydrogens (tertiary/aromatic N) is 2. The van der Waals surface area contributed by atoms with Crippen LogP contribution >= 0.6 is 24.4 Å². The summed E-state index contributed by atoms with van der Waals surface area (Å²) in [5.74, 6) is 2.52. The van der Waals surface area contributed by atoms with Gasteiger partial charge >= 0.3 is 20.4 Å². The average molecular weight is 515 g/mol. The average Bonchev–Trinajstić information content (AvgIpc) is 2.35. The van der Waals surface area contributed by atoms with Crippen LogP contribution in [0, 0.1) is 23.7 Å². The predicted octanol–water partition coefficient (Wildman–Crippen LogP) is 4.86. The van der Waals surface area contributed by atoms with Gasteiger partial charge in [0.1, 0.15) is 0 Å². The molecule has 0 aliphatic carbocycles. The van der Waals surface area contributed by atoms with Crippen LogP contribution in [-0.4, -0.2) is 44.6 Å². The zero-order chi connectivity index (χ0) is 19.4. The second-order valence-corrected chi connectivity index (χ2v) is 9.98. The van der Waals surface area contributed by atoms with E-state index in [0.29, 0.717) is 32.3 Å². The molecule has 0 aliphatic heterocycles. The van der Waals surface area contributed by atoms with E-state index in [1.54, 1.807) is 0 Å². The molecule has 25 heavy (non-hydrogen) atoms. The monoisotopic (exact) mass is 514 g/mol. The summed E-state index contributed by atoms with van der Waals surface area (Å²) in [6, 6.07) is 0. The molecule has 0 N–H and O–H groups in total. The third-order valence-electron chi connectivity index (χ3n) is 2.86. The molecular formula is C18H36N2PdS4. The smallest absolute Gasteiger partial charge is 0.411 e. The summed E-state index contributed by atoms with van der Waals surface area (Å²) in [5, 5.41) is 0. The van der Waals surface area contributed by atoms with Crippen molar-refractivity contribution in [1.82, 2.24) is 9.80 Å². The van der Waals surface area contributed by atoms with Gasteiger partial charge in [0.2, 0.25) is 0 Å². The maximum absolute atomic E-state index is 4.99. The molecule has 7 heteroatoms. The van der Waals surface area contributed by atoms with Gasteiger partial charge in [-0.1, -0.05) is 64.0 Å². The van der Waals surface area contributed by atoms with Gasteiger partial charge in [-0.2, -0.15) is 0 Å². The van der Waals surface area contributed by atoms with Gasteiger partial charge in [0.15, 0.2) is 0 Å². The van der Waals surface area contributed by atoms with Crippen LogP contribution in [0.15, 0.2) is 0 Å². The van der Waals surface area contributed by atoms with Crippen LogP contribution in [0.4, 0.5) is 0 Å². The summed E-state index contributed by atoms with van der Waals surface area (Å²) >= 11 is 20.0. The minimum atomic E-state index is 0. The Labute approximate surface area is 192 Å². The molecule has 152 valence electrons. The molecule has 0 rings (SSSR count). The zero-order valence-electron chi connectivity index (χ0n) is 17.0. The molecule has 0 aliphatic rings. The van der Waals surface area contributed by atoms with Crippen molar-refractivity contribution in [2.45, 2.75) is 55.4 Å². The molecule has 2 nitrogen and oxygen atoms in total. The van der Waals surface area contributed by atoms with Crippen LogP contribution < -0.4 is 0 Å². The van der Waals surface area contributed by atoms with Gasteiger partial charge in [0, 0.05) is 26.2 Å². The normalized spacial score (nSPS) is 10.4. The standard InChI is InChI=1S/2C9H19NS2.Pd/c2*1-7(2)5-10(9(11)12)6-8(3)4;/h2*7-8H,5-6H2,1-4H3,(H,11,12);/q;;+2/p-2. The predicted molar refractivity (Wildman–Crippen MR) is 122 cm³/mol.